The van der Waals surface area contributed by atoms with Gasteiger partial charge in [-0.2, -0.15) is 12.7 Å². The van der Waals surface area contributed by atoms with E-state index in [1.54, 1.807) is 0 Å². The Morgan fingerprint density at radius 3 is 2.29 bits per heavy atom. The molecule has 2 fully saturated rings. The van der Waals surface area contributed by atoms with Crippen molar-refractivity contribution in [3.63, 3.8) is 0 Å². The van der Waals surface area contributed by atoms with Crippen molar-refractivity contribution in [3.8, 4) is 0 Å². The first-order chi connectivity index (χ1) is 13.1. The number of piperidine rings is 1. The molecule has 1 aromatic rings. The Kier molecular flexibility index (Phi) is 6.54. The summed E-state index contributed by atoms with van der Waals surface area (Å²) in [7, 11) is -0.446. The highest BCUT2D eigenvalue weighted by Gasteiger charge is 2.30. The summed E-state index contributed by atoms with van der Waals surface area (Å²) < 4.78 is 33.4. The summed E-state index contributed by atoms with van der Waals surface area (Å²) in [6.45, 7) is 7.20. The minimum Gasteiger partial charge on any atom is -0.375 e. The van der Waals surface area contributed by atoms with Crippen molar-refractivity contribution in [1.29, 1.82) is 0 Å². The van der Waals surface area contributed by atoms with Crippen LogP contribution in [0.1, 0.15) is 39.5 Å². The van der Waals surface area contributed by atoms with Gasteiger partial charge in [0.05, 0.1) is 5.60 Å². The summed E-state index contributed by atoms with van der Waals surface area (Å²) in [5.41, 5.74) is 1.70. The number of nitrogens with zero attached hydrogens (tertiary/aromatic N) is 2. The van der Waals surface area contributed by atoms with Crippen LogP contribution in [0.3, 0.4) is 0 Å². The fourth-order valence-corrected chi connectivity index (χ4v) is 4.61. The van der Waals surface area contributed by atoms with Gasteiger partial charge in [-0.25, -0.2) is 0 Å². The van der Waals surface area contributed by atoms with E-state index in [0.29, 0.717) is 17.8 Å². The second-order valence-electron chi connectivity index (χ2n) is 8.66. The third-order valence-electron chi connectivity index (χ3n) is 5.62. The Hall–Kier alpha value is -1.35. The number of nitrogens with one attached hydrogen (secondary N) is 2. The predicted molar refractivity (Wildman–Crippen MR) is 114 cm³/mol. The summed E-state index contributed by atoms with van der Waals surface area (Å²) in [4.78, 5) is 2.37. The molecule has 2 aliphatic heterocycles. The zero-order valence-corrected chi connectivity index (χ0v) is 18.3. The normalized spacial score (nSPS) is 23.8. The van der Waals surface area contributed by atoms with Gasteiger partial charge in [0.15, 0.2) is 0 Å². The molecule has 0 aliphatic carbocycles. The fourth-order valence-electron chi connectivity index (χ4n) is 3.99. The van der Waals surface area contributed by atoms with Gasteiger partial charge in [-0.3, -0.25) is 4.72 Å². The quantitative estimate of drug-likeness (QED) is 0.753. The number of ether oxygens (including phenoxy) is 1. The third-order valence-corrected chi connectivity index (χ3v) is 7.08. The van der Waals surface area contributed by atoms with Gasteiger partial charge in [-0.05, 0) is 63.8 Å². The van der Waals surface area contributed by atoms with E-state index >= 15 is 0 Å². The topological polar surface area (TPSA) is 73.9 Å². The monoisotopic (exact) mass is 410 g/mol. The Balaban J connectivity index is 1.49. The molecule has 0 aromatic heterocycles. The summed E-state index contributed by atoms with van der Waals surface area (Å²) in [6.07, 6.45) is 4.39. The minimum atomic E-state index is -3.47. The second-order valence-corrected chi connectivity index (χ2v) is 10.5. The molecule has 28 heavy (non-hydrogen) atoms. The number of hydrogen-bond acceptors (Lipinski definition) is 5. The van der Waals surface area contributed by atoms with Gasteiger partial charge < -0.3 is 15.0 Å². The van der Waals surface area contributed by atoms with Crippen LogP contribution in [0, 0.1) is 0 Å². The van der Waals surface area contributed by atoms with Crippen LogP contribution in [0.4, 0.5) is 11.4 Å². The van der Waals surface area contributed by atoms with Crippen LogP contribution in [-0.2, 0) is 14.9 Å². The largest absolute Gasteiger partial charge is 0.375 e. The molecule has 2 saturated heterocycles. The van der Waals surface area contributed by atoms with E-state index < -0.39 is 10.2 Å². The number of benzene rings is 1. The van der Waals surface area contributed by atoms with Crippen molar-refractivity contribution >= 4 is 21.6 Å². The van der Waals surface area contributed by atoms with E-state index in [1.807, 2.05) is 24.3 Å². The number of anilines is 2. The van der Waals surface area contributed by atoms with Crippen molar-refractivity contribution in [2.75, 3.05) is 43.4 Å². The number of rotatable bonds is 6. The highest BCUT2D eigenvalue weighted by Crippen LogP contribution is 2.26. The molecule has 0 bridgehead atoms. The zero-order valence-electron chi connectivity index (χ0n) is 17.4. The van der Waals surface area contributed by atoms with E-state index in [9.17, 15) is 8.42 Å². The van der Waals surface area contributed by atoms with Crippen LogP contribution in [0.5, 0.6) is 0 Å². The highest BCUT2D eigenvalue weighted by atomic mass is 32.2. The Morgan fingerprint density at radius 2 is 1.71 bits per heavy atom. The van der Waals surface area contributed by atoms with Crippen LogP contribution >= 0.6 is 0 Å². The molecule has 2 heterocycles. The van der Waals surface area contributed by atoms with Crippen molar-refractivity contribution < 1.29 is 13.2 Å². The van der Waals surface area contributed by atoms with Crippen LogP contribution in [0.25, 0.3) is 0 Å². The van der Waals surface area contributed by atoms with Gasteiger partial charge in [0.1, 0.15) is 0 Å². The van der Waals surface area contributed by atoms with Crippen molar-refractivity contribution in [3.05, 3.63) is 24.3 Å². The first-order valence-electron chi connectivity index (χ1n) is 10.1. The molecule has 2 N–H and O–H groups in total. The van der Waals surface area contributed by atoms with E-state index in [2.05, 4.69) is 28.8 Å². The van der Waals surface area contributed by atoms with E-state index in [0.717, 1.165) is 55.4 Å². The molecule has 1 atom stereocenters. The zero-order chi connectivity index (χ0) is 20.4. The summed E-state index contributed by atoms with van der Waals surface area (Å²) in [5.74, 6) is 0. The molecule has 3 rings (SSSR count). The van der Waals surface area contributed by atoms with Crippen LogP contribution in [0.2, 0.25) is 0 Å². The van der Waals surface area contributed by atoms with E-state index in [4.69, 9.17) is 4.74 Å². The SMILES string of the molecule is CN(C)S(=O)(=O)Nc1ccc(N2CCC(N[C@H]3CCOC(C)(C)C3)CC2)cc1. The molecule has 158 valence electrons. The third kappa shape index (κ3) is 5.59. The number of hydrogen-bond donors (Lipinski definition) is 2. The molecule has 0 spiro atoms. The molecule has 8 heteroatoms. The molecule has 0 amide bonds. The fraction of sp³-hybridized carbons (Fsp3) is 0.700. The standard InChI is InChI=1S/C20H34N4O3S/c1-20(2)15-18(11-14-27-20)21-16-9-12-24(13-10-16)19-7-5-17(6-8-19)22-28(25,26)23(3)4/h5-8,16,18,21-22H,9-15H2,1-4H3/t18-/m0/s1. The highest BCUT2D eigenvalue weighted by molar-refractivity contribution is 7.90. The second kappa shape index (κ2) is 8.57. The lowest BCUT2D eigenvalue weighted by Gasteiger charge is -2.40. The van der Waals surface area contributed by atoms with Crippen molar-refractivity contribution in [1.82, 2.24) is 9.62 Å². The molecule has 0 unspecified atom stereocenters. The summed E-state index contributed by atoms with van der Waals surface area (Å²) in [6, 6.07) is 8.73. The van der Waals surface area contributed by atoms with Gasteiger partial charge in [0.25, 0.3) is 0 Å². The summed E-state index contributed by atoms with van der Waals surface area (Å²) >= 11 is 0. The van der Waals surface area contributed by atoms with Crippen LogP contribution in [-0.4, -0.2) is 64.2 Å². The molecular weight excluding hydrogens is 376 g/mol. The lowest BCUT2D eigenvalue weighted by Crippen LogP contribution is -2.50. The molecular formula is C20H34N4O3S. The van der Waals surface area contributed by atoms with Gasteiger partial charge >= 0.3 is 10.2 Å². The first-order valence-corrected chi connectivity index (χ1v) is 11.5. The maximum absolute atomic E-state index is 11.9. The molecule has 0 saturated carbocycles. The van der Waals surface area contributed by atoms with E-state index in [1.165, 1.54) is 14.1 Å². The van der Waals surface area contributed by atoms with Crippen LogP contribution in [0.15, 0.2) is 24.3 Å². The smallest absolute Gasteiger partial charge is 0.301 e. The Morgan fingerprint density at radius 1 is 1.07 bits per heavy atom. The molecule has 2 aliphatic rings. The predicted octanol–water partition coefficient (Wildman–Crippen LogP) is 2.42. The molecule has 1 aromatic carbocycles. The van der Waals surface area contributed by atoms with Crippen molar-refractivity contribution in [2.24, 2.45) is 0 Å². The van der Waals surface area contributed by atoms with Crippen LogP contribution < -0.4 is 14.9 Å². The van der Waals surface area contributed by atoms with Gasteiger partial charge in [-0.15, -0.1) is 0 Å². The van der Waals surface area contributed by atoms with Crippen molar-refractivity contribution in [2.45, 2.75) is 57.2 Å². The lowest BCUT2D eigenvalue weighted by atomic mass is 9.92. The average molecular weight is 411 g/mol. The maximum Gasteiger partial charge on any atom is 0.301 e. The molecule has 0 radical (unpaired) electrons. The van der Waals surface area contributed by atoms with Gasteiger partial charge in [0, 0.05) is 57.3 Å². The van der Waals surface area contributed by atoms with E-state index in [-0.39, 0.29) is 5.60 Å². The first kappa shape index (κ1) is 21.4. The van der Waals surface area contributed by atoms with Gasteiger partial charge in [0.2, 0.25) is 0 Å². The average Bonchev–Trinajstić information content (AvgIpc) is 2.62. The molecule has 7 nitrogen and oxygen atoms in total. The minimum absolute atomic E-state index is 0.0214. The maximum atomic E-state index is 11.9. The Labute approximate surface area is 169 Å². The summed E-state index contributed by atoms with van der Waals surface area (Å²) in [5, 5.41) is 3.84. The Bertz CT molecular complexity index is 741. The van der Waals surface area contributed by atoms with Gasteiger partial charge in [-0.1, -0.05) is 0 Å². The lowest BCUT2D eigenvalue weighted by molar-refractivity contribution is -0.0644.